The Morgan fingerprint density at radius 1 is 1.11 bits per heavy atom. The molecule has 2 aliphatic heterocycles. The molecule has 0 aromatic heterocycles. The number of ether oxygens (including phenoxy) is 1. The molecule has 6 heteroatoms. The molecule has 0 N–H and O–H groups in total. The molecule has 2 saturated heterocycles. The third-order valence-electron chi connectivity index (χ3n) is 6.15. The second-order valence-corrected chi connectivity index (χ2v) is 9.86. The standard InChI is InChI=1S/C22H28N2O3S/c1-17(18-7-4-3-5-8-18)14-23-15-19-16-24(12-11-22(19)23)28(25,26)21-10-6-9-20(13-21)27-2/h3-10,13,17,19,22H,11-12,14-16H2,1-2H3/t17-,19+,22-/m1/s1. The van der Waals surface area contributed by atoms with E-state index in [1.165, 1.54) is 5.56 Å². The van der Waals surface area contributed by atoms with Gasteiger partial charge in [-0.3, -0.25) is 4.90 Å². The van der Waals surface area contributed by atoms with Gasteiger partial charge < -0.3 is 4.74 Å². The Balaban J connectivity index is 1.38. The van der Waals surface area contributed by atoms with Gasteiger partial charge in [0.05, 0.1) is 12.0 Å². The minimum Gasteiger partial charge on any atom is -0.497 e. The summed E-state index contributed by atoms with van der Waals surface area (Å²) in [5, 5.41) is 0. The quantitative estimate of drug-likeness (QED) is 0.747. The lowest BCUT2D eigenvalue weighted by atomic mass is 9.82. The van der Waals surface area contributed by atoms with Crippen LogP contribution in [-0.2, 0) is 10.0 Å². The monoisotopic (exact) mass is 400 g/mol. The van der Waals surface area contributed by atoms with E-state index in [4.69, 9.17) is 4.74 Å². The fourth-order valence-electron chi connectivity index (χ4n) is 4.52. The zero-order valence-corrected chi connectivity index (χ0v) is 17.3. The minimum absolute atomic E-state index is 0.319. The van der Waals surface area contributed by atoms with Gasteiger partial charge in [0.15, 0.2) is 0 Å². The van der Waals surface area contributed by atoms with E-state index in [0.29, 0.717) is 41.6 Å². The number of piperidine rings is 1. The van der Waals surface area contributed by atoms with Gasteiger partial charge in [-0.15, -0.1) is 0 Å². The summed E-state index contributed by atoms with van der Waals surface area (Å²) in [6.07, 6.45) is 0.898. The van der Waals surface area contributed by atoms with Crippen molar-refractivity contribution in [2.45, 2.75) is 30.2 Å². The largest absolute Gasteiger partial charge is 0.497 e. The fourth-order valence-corrected chi connectivity index (χ4v) is 6.07. The first-order valence-electron chi connectivity index (χ1n) is 9.92. The van der Waals surface area contributed by atoms with Gasteiger partial charge in [0.2, 0.25) is 10.0 Å². The number of rotatable bonds is 6. The molecular formula is C22H28N2O3S. The first kappa shape index (κ1) is 19.4. The molecule has 2 aromatic rings. The molecule has 0 bridgehead atoms. The van der Waals surface area contributed by atoms with Crippen LogP contribution in [0.4, 0.5) is 0 Å². The molecule has 0 aliphatic carbocycles. The molecule has 28 heavy (non-hydrogen) atoms. The molecule has 0 saturated carbocycles. The van der Waals surface area contributed by atoms with Gasteiger partial charge in [-0.2, -0.15) is 4.31 Å². The van der Waals surface area contributed by atoms with Gasteiger partial charge in [-0.1, -0.05) is 43.3 Å². The smallest absolute Gasteiger partial charge is 0.243 e. The molecule has 2 aliphatic rings. The molecule has 0 unspecified atom stereocenters. The third-order valence-corrected chi connectivity index (χ3v) is 8.01. The van der Waals surface area contributed by atoms with Crippen LogP contribution in [-0.4, -0.2) is 57.0 Å². The van der Waals surface area contributed by atoms with Crippen molar-refractivity contribution in [3.63, 3.8) is 0 Å². The summed E-state index contributed by atoms with van der Waals surface area (Å²) < 4.78 is 32.9. The van der Waals surface area contributed by atoms with Crippen molar-refractivity contribution < 1.29 is 13.2 Å². The summed E-state index contributed by atoms with van der Waals surface area (Å²) in [5.74, 6) is 1.48. The van der Waals surface area contributed by atoms with Crippen molar-refractivity contribution in [2.24, 2.45) is 5.92 Å². The average Bonchev–Trinajstić information content (AvgIpc) is 2.72. The summed E-state index contributed by atoms with van der Waals surface area (Å²) >= 11 is 0. The van der Waals surface area contributed by atoms with Crippen LogP contribution in [0.3, 0.4) is 0 Å². The van der Waals surface area contributed by atoms with Gasteiger partial charge >= 0.3 is 0 Å². The lowest BCUT2D eigenvalue weighted by Crippen LogP contribution is -2.64. The van der Waals surface area contributed by atoms with Crippen molar-refractivity contribution in [1.82, 2.24) is 9.21 Å². The van der Waals surface area contributed by atoms with Crippen LogP contribution < -0.4 is 4.74 Å². The molecule has 0 spiro atoms. The lowest BCUT2D eigenvalue weighted by Gasteiger charge is -2.53. The maximum absolute atomic E-state index is 13.0. The molecule has 2 heterocycles. The second kappa shape index (κ2) is 7.85. The predicted octanol–water partition coefficient (Wildman–Crippen LogP) is 3.19. The van der Waals surface area contributed by atoms with Crippen molar-refractivity contribution in [1.29, 1.82) is 0 Å². The molecule has 0 radical (unpaired) electrons. The Labute approximate surface area is 168 Å². The van der Waals surface area contributed by atoms with Crippen LogP contribution in [0.5, 0.6) is 5.75 Å². The van der Waals surface area contributed by atoms with Gasteiger partial charge in [0.25, 0.3) is 0 Å². The molecule has 5 nitrogen and oxygen atoms in total. The maximum Gasteiger partial charge on any atom is 0.243 e. The van der Waals surface area contributed by atoms with Gasteiger partial charge in [-0.05, 0) is 30.0 Å². The minimum atomic E-state index is -3.47. The Bertz CT molecular complexity index is 916. The number of benzene rings is 2. The van der Waals surface area contributed by atoms with E-state index in [-0.39, 0.29) is 0 Å². The number of fused-ring (bicyclic) bond motifs is 1. The van der Waals surface area contributed by atoms with Gasteiger partial charge in [0.1, 0.15) is 5.75 Å². The van der Waals surface area contributed by atoms with E-state index >= 15 is 0 Å². The van der Waals surface area contributed by atoms with Crippen molar-refractivity contribution in [3.8, 4) is 5.75 Å². The summed E-state index contributed by atoms with van der Waals surface area (Å²) in [5.41, 5.74) is 1.36. The summed E-state index contributed by atoms with van der Waals surface area (Å²) in [6.45, 7) is 5.47. The van der Waals surface area contributed by atoms with Crippen LogP contribution >= 0.6 is 0 Å². The normalized spacial score (nSPS) is 24.2. The van der Waals surface area contributed by atoms with E-state index in [1.807, 2.05) is 6.07 Å². The molecule has 2 fully saturated rings. The Hall–Kier alpha value is -1.89. The first-order chi connectivity index (χ1) is 13.5. The highest BCUT2D eigenvalue weighted by Crippen LogP contribution is 2.36. The summed E-state index contributed by atoms with van der Waals surface area (Å²) in [6, 6.07) is 17.9. The van der Waals surface area contributed by atoms with Gasteiger partial charge in [-0.25, -0.2) is 8.42 Å². The number of hydrogen-bond donors (Lipinski definition) is 0. The first-order valence-corrected chi connectivity index (χ1v) is 11.4. The topological polar surface area (TPSA) is 49.9 Å². The molecule has 4 rings (SSSR count). The zero-order chi connectivity index (χ0) is 19.7. The fraction of sp³-hybridized carbons (Fsp3) is 0.455. The van der Waals surface area contributed by atoms with Crippen molar-refractivity contribution in [3.05, 3.63) is 60.2 Å². The van der Waals surface area contributed by atoms with E-state index in [2.05, 4.69) is 36.1 Å². The van der Waals surface area contributed by atoms with Crippen molar-refractivity contribution in [2.75, 3.05) is 33.3 Å². The van der Waals surface area contributed by atoms with Crippen LogP contribution in [0.2, 0.25) is 0 Å². The second-order valence-electron chi connectivity index (χ2n) is 7.92. The number of nitrogens with zero attached hydrogens (tertiary/aromatic N) is 2. The number of methoxy groups -OCH3 is 1. The lowest BCUT2D eigenvalue weighted by molar-refractivity contribution is -0.0272. The van der Waals surface area contributed by atoms with E-state index in [0.717, 1.165) is 19.5 Å². The molecule has 0 amide bonds. The molecule has 2 aromatic carbocycles. The Morgan fingerprint density at radius 2 is 1.89 bits per heavy atom. The number of likely N-dealkylation sites (tertiary alicyclic amines) is 1. The van der Waals surface area contributed by atoms with Crippen molar-refractivity contribution >= 4 is 10.0 Å². The highest BCUT2D eigenvalue weighted by Gasteiger charge is 2.45. The molecular weight excluding hydrogens is 372 g/mol. The van der Waals surface area contributed by atoms with Gasteiger partial charge in [0, 0.05) is 44.2 Å². The highest BCUT2D eigenvalue weighted by atomic mass is 32.2. The summed E-state index contributed by atoms with van der Waals surface area (Å²) in [7, 11) is -1.91. The van der Waals surface area contributed by atoms with Crippen LogP contribution in [0.1, 0.15) is 24.8 Å². The third kappa shape index (κ3) is 3.69. The highest BCUT2D eigenvalue weighted by molar-refractivity contribution is 7.89. The number of hydrogen-bond acceptors (Lipinski definition) is 4. The maximum atomic E-state index is 13.0. The van der Waals surface area contributed by atoms with E-state index < -0.39 is 10.0 Å². The Kier molecular flexibility index (Phi) is 5.45. The molecule has 150 valence electrons. The van der Waals surface area contributed by atoms with Crippen LogP contribution in [0, 0.1) is 5.92 Å². The van der Waals surface area contributed by atoms with E-state index in [9.17, 15) is 8.42 Å². The van der Waals surface area contributed by atoms with Crippen LogP contribution in [0.25, 0.3) is 0 Å². The van der Waals surface area contributed by atoms with E-state index in [1.54, 1.807) is 35.7 Å². The SMILES string of the molecule is COc1cccc(S(=O)(=O)N2CC[C@@H]3[C@@H](CN3C[C@@H](C)c3ccccc3)C2)c1. The zero-order valence-electron chi connectivity index (χ0n) is 16.5. The van der Waals surface area contributed by atoms with Crippen LogP contribution in [0.15, 0.2) is 59.5 Å². The average molecular weight is 401 g/mol. The number of sulfonamides is 1. The predicted molar refractivity (Wildman–Crippen MR) is 110 cm³/mol. The Morgan fingerprint density at radius 3 is 2.61 bits per heavy atom. The molecule has 3 atom stereocenters. The summed E-state index contributed by atoms with van der Waals surface area (Å²) in [4.78, 5) is 2.84.